The minimum Gasteiger partial charge on any atom is -0.355 e. The fourth-order valence-corrected chi connectivity index (χ4v) is 2.15. The molecule has 1 aliphatic heterocycles. The summed E-state index contributed by atoms with van der Waals surface area (Å²) in [5.74, 6) is -0.419. The van der Waals surface area contributed by atoms with Gasteiger partial charge in [0.1, 0.15) is 4.75 Å². The fourth-order valence-electron chi connectivity index (χ4n) is 1.74. The summed E-state index contributed by atoms with van der Waals surface area (Å²) in [6.07, 6.45) is 4.25. The quantitative estimate of drug-likeness (QED) is 0.735. The molecule has 0 spiro atoms. The van der Waals surface area contributed by atoms with E-state index in [0.29, 0.717) is 12.6 Å². The van der Waals surface area contributed by atoms with Crippen LogP contribution in [-0.2, 0) is 14.6 Å². The highest BCUT2D eigenvalue weighted by molar-refractivity contribution is 7.92. The first-order chi connectivity index (χ1) is 7.75. The average molecular weight is 262 g/mol. The van der Waals surface area contributed by atoms with Gasteiger partial charge in [-0.25, -0.2) is 8.42 Å². The van der Waals surface area contributed by atoms with Gasteiger partial charge in [-0.3, -0.25) is 4.79 Å². The molecule has 1 unspecified atom stereocenters. The van der Waals surface area contributed by atoms with Gasteiger partial charge < -0.3 is 10.6 Å². The lowest BCUT2D eigenvalue weighted by Gasteiger charge is -2.22. The van der Waals surface area contributed by atoms with E-state index in [-0.39, 0.29) is 0 Å². The monoisotopic (exact) mass is 262 g/mol. The molecule has 0 aromatic rings. The first-order valence-corrected chi connectivity index (χ1v) is 7.85. The van der Waals surface area contributed by atoms with Crippen molar-refractivity contribution in [2.24, 2.45) is 0 Å². The maximum absolute atomic E-state index is 11.8. The lowest BCUT2D eigenvalue weighted by atomic mass is 10.1. The highest BCUT2D eigenvalue weighted by Crippen LogP contribution is 2.15. The van der Waals surface area contributed by atoms with E-state index in [4.69, 9.17) is 0 Å². The summed E-state index contributed by atoms with van der Waals surface area (Å²) in [6, 6.07) is 0.455. The predicted octanol–water partition coefficient (Wildman–Crippen LogP) is 0.0679. The van der Waals surface area contributed by atoms with Gasteiger partial charge in [0.15, 0.2) is 9.84 Å². The number of hydrogen-bond donors (Lipinski definition) is 2. The summed E-state index contributed by atoms with van der Waals surface area (Å²) >= 11 is 0. The third kappa shape index (κ3) is 3.67. The van der Waals surface area contributed by atoms with Crippen molar-refractivity contribution in [2.45, 2.75) is 43.9 Å². The van der Waals surface area contributed by atoms with Crippen LogP contribution < -0.4 is 10.6 Å². The van der Waals surface area contributed by atoms with Crippen LogP contribution in [0.4, 0.5) is 0 Å². The molecule has 1 atom stereocenters. The van der Waals surface area contributed by atoms with Gasteiger partial charge in [0.25, 0.3) is 0 Å². The molecule has 1 aliphatic rings. The van der Waals surface area contributed by atoms with Crippen molar-refractivity contribution in [1.29, 1.82) is 0 Å². The summed E-state index contributed by atoms with van der Waals surface area (Å²) in [5, 5.41) is 6.03. The maximum atomic E-state index is 11.8. The second-order valence-electron chi connectivity index (χ2n) is 5.12. The Bertz CT molecular complexity index is 370. The van der Waals surface area contributed by atoms with Gasteiger partial charge in [-0.2, -0.15) is 0 Å². The van der Waals surface area contributed by atoms with Crippen molar-refractivity contribution in [3.05, 3.63) is 0 Å². The first-order valence-electron chi connectivity index (χ1n) is 5.96. The van der Waals surface area contributed by atoms with Gasteiger partial charge in [0, 0.05) is 18.8 Å². The number of rotatable bonds is 5. The van der Waals surface area contributed by atoms with Crippen LogP contribution in [0.25, 0.3) is 0 Å². The Kier molecular flexibility index (Phi) is 4.55. The zero-order valence-electron chi connectivity index (χ0n) is 10.7. The third-order valence-corrected chi connectivity index (χ3v) is 5.45. The molecule has 1 fully saturated rings. The Morgan fingerprint density at radius 3 is 2.59 bits per heavy atom. The number of hydrogen-bond acceptors (Lipinski definition) is 4. The van der Waals surface area contributed by atoms with Crippen LogP contribution in [0.2, 0.25) is 0 Å². The SMILES string of the molecule is CC(C)(C(=O)NCCC1CCCN1)S(C)(=O)=O. The molecule has 6 heteroatoms. The van der Waals surface area contributed by atoms with Gasteiger partial charge in [-0.15, -0.1) is 0 Å². The lowest BCUT2D eigenvalue weighted by Crippen LogP contribution is -2.48. The van der Waals surface area contributed by atoms with Crippen LogP contribution in [0.5, 0.6) is 0 Å². The molecule has 0 bridgehead atoms. The number of nitrogens with one attached hydrogen (secondary N) is 2. The molecular weight excluding hydrogens is 240 g/mol. The average Bonchev–Trinajstić information content (AvgIpc) is 2.68. The van der Waals surface area contributed by atoms with Crippen LogP contribution in [0.15, 0.2) is 0 Å². The fraction of sp³-hybridized carbons (Fsp3) is 0.909. The molecule has 1 rings (SSSR count). The summed E-state index contributed by atoms with van der Waals surface area (Å²) in [5.41, 5.74) is 0. The Labute approximate surface area is 103 Å². The van der Waals surface area contributed by atoms with E-state index in [1.165, 1.54) is 20.3 Å². The molecule has 2 N–H and O–H groups in total. The molecule has 0 radical (unpaired) electrons. The predicted molar refractivity (Wildman–Crippen MR) is 67.6 cm³/mol. The number of carbonyl (C=O) groups is 1. The van der Waals surface area contributed by atoms with E-state index < -0.39 is 20.5 Å². The van der Waals surface area contributed by atoms with Crippen LogP contribution >= 0.6 is 0 Å². The number of sulfone groups is 1. The smallest absolute Gasteiger partial charge is 0.240 e. The molecular formula is C11H22N2O3S. The first kappa shape index (κ1) is 14.4. The molecule has 0 aromatic carbocycles. The molecule has 0 aliphatic carbocycles. The molecule has 0 saturated carbocycles. The van der Waals surface area contributed by atoms with Gasteiger partial charge in [-0.05, 0) is 39.7 Å². The van der Waals surface area contributed by atoms with Crippen molar-refractivity contribution < 1.29 is 13.2 Å². The minimum atomic E-state index is -3.38. The van der Waals surface area contributed by atoms with Gasteiger partial charge in [0.2, 0.25) is 5.91 Å². The molecule has 1 amide bonds. The van der Waals surface area contributed by atoms with Crippen LogP contribution in [0.1, 0.15) is 33.1 Å². The normalized spacial score (nSPS) is 21.5. The van der Waals surface area contributed by atoms with E-state index in [0.717, 1.165) is 25.6 Å². The summed E-state index contributed by atoms with van der Waals surface area (Å²) in [6.45, 7) is 4.43. The second kappa shape index (κ2) is 5.35. The minimum absolute atomic E-state index is 0.419. The summed E-state index contributed by atoms with van der Waals surface area (Å²) in [4.78, 5) is 11.8. The Balaban J connectivity index is 2.39. The topological polar surface area (TPSA) is 75.3 Å². The van der Waals surface area contributed by atoms with E-state index >= 15 is 0 Å². The number of carbonyl (C=O) groups excluding carboxylic acids is 1. The number of amides is 1. The summed E-state index contributed by atoms with van der Waals surface area (Å²) in [7, 11) is -3.38. The van der Waals surface area contributed by atoms with Crippen molar-refractivity contribution in [3.8, 4) is 0 Å². The van der Waals surface area contributed by atoms with Crippen molar-refractivity contribution in [2.75, 3.05) is 19.3 Å². The van der Waals surface area contributed by atoms with Crippen molar-refractivity contribution >= 4 is 15.7 Å². The Morgan fingerprint density at radius 2 is 2.12 bits per heavy atom. The highest BCUT2D eigenvalue weighted by atomic mass is 32.2. The molecule has 1 heterocycles. The standard InChI is InChI=1S/C11H22N2O3S/c1-11(2,17(3,15)16)10(14)13-8-6-9-5-4-7-12-9/h9,12H,4-8H2,1-3H3,(H,13,14). The van der Waals surface area contributed by atoms with E-state index in [9.17, 15) is 13.2 Å². The zero-order chi connectivity index (χ0) is 13.1. The largest absolute Gasteiger partial charge is 0.355 e. The molecule has 17 heavy (non-hydrogen) atoms. The van der Waals surface area contributed by atoms with Crippen LogP contribution in [0, 0.1) is 0 Å². The van der Waals surface area contributed by atoms with E-state index in [2.05, 4.69) is 10.6 Å². The lowest BCUT2D eigenvalue weighted by molar-refractivity contribution is -0.122. The third-order valence-electron chi connectivity index (χ3n) is 3.41. The molecule has 1 saturated heterocycles. The van der Waals surface area contributed by atoms with Crippen LogP contribution in [-0.4, -0.2) is 44.5 Å². The van der Waals surface area contributed by atoms with Crippen molar-refractivity contribution in [1.82, 2.24) is 10.6 Å². The second-order valence-corrected chi connectivity index (χ2v) is 7.69. The highest BCUT2D eigenvalue weighted by Gasteiger charge is 2.38. The van der Waals surface area contributed by atoms with E-state index in [1.807, 2.05) is 0 Å². The van der Waals surface area contributed by atoms with Gasteiger partial charge in [0.05, 0.1) is 0 Å². The zero-order valence-corrected chi connectivity index (χ0v) is 11.6. The van der Waals surface area contributed by atoms with E-state index in [1.54, 1.807) is 0 Å². The molecule has 5 nitrogen and oxygen atoms in total. The molecule has 100 valence electrons. The molecule has 0 aromatic heterocycles. The Hall–Kier alpha value is -0.620. The summed E-state index contributed by atoms with van der Waals surface area (Å²) < 4.78 is 21.5. The van der Waals surface area contributed by atoms with Gasteiger partial charge >= 0.3 is 0 Å². The van der Waals surface area contributed by atoms with Gasteiger partial charge in [-0.1, -0.05) is 0 Å². The van der Waals surface area contributed by atoms with Crippen LogP contribution in [0.3, 0.4) is 0 Å². The Morgan fingerprint density at radius 1 is 1.47 bits per heavy atom. The maximum Gasteiger partial charge on any atom is 0.240 e. The van der Waals surface area contributed by atoms with Crippen molar-refractivity contribution in [3.63, 3.8) is 0 Å².